The van der Waals surface area contributed by atoms with Crippen molar-refractivity contribution in [1.82, 2.24) is 5.32 Å². The van der Waals surface area contributed by atoms with E-state index < -0.39 is 0 Å². The van der Waals surface area contributed by atoms with Gasteiger partial charge in [0.2, 0.25) is 0 Å². The number of hydrogen-bond donors (Lipinski definition) is 3. The lowest BCUT2D eigenvalue weighted by molar-refractivity contribution is 0.515. The molecule has 0 aromatic carbocycles. The smallest absolute Gasteiger partial charge is 0.108 e. The summed E-state index contributed by atoms with van der Waals surface area (Å²) in [5.74, 6) is 4.70. The summed E-state index contributed by atoms with van der Waals surface area (Å²) < 4.78 is 0. The Kier molecular flexibility index (Phi) is 5.70. The Balaban J connectivity index is 3.04. The van der Waals surface area contributed by atoms with Crippen molar-refractivity contribution >= 4 is 0 Å². The Hall–Kier alpha value is -1.32. The van der Waals surface area contributed by atoms with Crippen LogP contribution in [0.15, 0.2) is 0 Å². The lowest BCUT2D eigenvalue weighted by Crippen LogP contribution is -2.13. The fourth-order valence-corrected chi connectivity index (χ4v) is 0.267. The number of hydrogen-bond acceptors (Lipinski definition) is 3. The first-order valence-electron chi connectivity index (χ1n) is 2.36. The maximum atomic E-state index is 7.94. The fourth-order valence-electron chi connectivity index (χ4n) is 0.267. The van der Waals surface area contributed by atoms with E-state index >= 15 is 0 Å². The molecule has 0 aliphatic heterocycles. The highest BCUT2D eigenvalue weighted by Crippen LogP contribution is 1.54. The van der Waals surface area contributed by atoms with E-state index in [9.17, 15) is 0 Å². The largest absolute Gasteiger partial charge is 0.462 e. The van der Waals surface area contributed by atoms with Gasteiger partial charge in [0.1, 0.15) is 12.2 Å². The SMILES string of the molecule is OC#CCNCC#CO. The van der Waals surface area contributed by atoms with Gasteiger partial charge < -0.3 is 10.2 Å². The van der Waals surface area contributed by atoms with Gasteiger partial charge in [-0.25, -0.2) is 0 Å². The minimum Gasteiger partial charge on any atom is -0.462 e. The first kappa shape index (κ1) is 7.68. The zero-order valence-corrected chi connectivity index (χ0v) is 4.81. The van der Waals surface area contributed by atoms with E-state index in [-0.39, 0.29) is 0 Å². The summed E-state index contributed by atoms with van der Waals surface area (Å²) in [5, 5.41) is 18.6. The highest BCUT2D eigenvalue weighted by atomic mass is 16.2. The van der Waals surface area contributed by atoms with Crippen LogP contribution in [0.25, 0.3) is 0 Å². The van der Waals surface area contributed by atoms with Crippen LogP contribution in [0.1, 0.15) is 0 Å². The lowest BCUT2D eigenvalue weighted by Gasteiger charge is -1.86. The topological polar surface area (TPSA) is 52.5 Å². The van der Waals surface area contributed by atoms with Crippen LogP contribution in [-0.4, -0.2) is 23.3 Å². The van der Waals surface area contributed by atoms with Gasteiger partial charge in [0, 0.05) is 0 Å². The lowest BCUT2D eigenvalue weighted by atomic mass is 10.6. The molecule has 9 heavy (non-hydrogen) atoms. The number of aliphatic hydroxyl groups excluding tert-OH is 2. The van der Waals surface area contributed by atoms with Crippen molar-refractivity contribution in [3.8, 4) is 24.1 Å². The molecule has 0 spiro atoms. The minimum absolute atomic E-state index is 0.380. The molecule has 0 aromatic heterocycles. The third kappa shape index (κ3) is 6.68. The molecule has 0 rings (SSSR count). The van der Waals surface area contributed by atoms with Gasteiger partial charge >= 0.3 is 0 Å². The summed E-state index contributed by atoms with van der Waals surface area (Å²) in [5.41, 5.74) is 0. The van der Waals surface area contributed by atoms with E-state index in [2.05, 4.69) is 17.2 Å². The molecule has 0 saturated heterocycles. The van der Waals surface area contributed by atoms with Crippen molar-refractivity contribution in [3.05, 3.63) is 0 Å². The van der Waals surface area contributed by atoms with Gasteiger partial charge in [0.25, 0.3) is 0 Å². The van der Waals surface area contributed by atoms with Crippen molar-refractivity contribution in [2.24, 2.45) is 0 Å². The van der Waals surface area contributed by atoms with Gasteiger partial charge in [-0.3, -0.25) is 5.32 Å². The van der Waals surface area contributed by atoms with Gasteiger partial charge in [-0.05, 0) is 11.8 Å². The summed E-state index contributed by atoms with van der Waals surface area (Å²) in [6.07, 6.45) is 3.44. The van der Waals surface area contributed by atoms with Crippen molar-refractivity contribution in [3.63, 3.8) is 0 Å². The molecule has 0 heterocycles. The van der Waals surface area contributed by atoms with E-state index in [1.54, 1.807) is 12.2 Å². The van der Waals surface area contributed by atoms with Crippen LogP contribution in [0.5, 0.6) is 0 Å². The molecule has 0 saturated carbocycles. The minimum atomic E-state index is 0.380. The fraction of sp³-hybridized carbons (Fsp3) is 0.333. The predicted molar refractivity (Wildman–Crippen MR) is 32.3 cm³/mol. The van der Waals surface area contributed by atoms with Crippen molar-refractivity contribution in [2.45, 2.75) is 0 Å². The molecular weight excluding hydrogens is 118 g/mol. The van der Waals surface area contributed by atoms with Crippen LogP contribution in [0.4, 0.5) is 0 Å². The molecular formula is C6H7NO2. The predicted octanol–water partition coefficient (Wildman–Crippen LogP) is -0.757. The van der Waals surface area contributed by atoms with Crippen LogP contribution < -0.4 is 5.32 Å². The molecule has 0 radical (unpaired) electrons. The van der Waals surface area contributed by atoms with Crippen LogP contribution in [0.3, 0.4) is 0 Å². The monoisotopic (exact) mass is 125 g/mol. The molecule has 0 unspecified atom stereocenters. The van der Waals surface area contributed by atoms with Crippen molar-refractivity contribution in [2.75, 3.05) is 13.1 Å². The highest BCUT2D eigenvalue weighted by molar-refractivity contribution is 4.97. The van der Waals surface area contributed by atoms with Crippen LogP contribution >= 0.6 is 0 Å². The Morgan fingerprint density at radius 2 is 1.44 bits per heavy atom. The number of rotatable bonds is 2. The van der Waals surface area contributed by atoms with Gasteiger partial charge in [-0.1, -0.05) is 0 Å². The van der Waals surface area contributed by atoms with Crippen LogP contribution in [0.2, 0.25) is 0 Å². The quantitative estimate of drug-likeness (QED) is 0.336. The molecule has 0 aromatic rings. The molecule has 0 atom stereocenters. The van der Waals surface area contributed by atoms with E-state index in [1.165, 1.54) is 0 Å². The zero-order chi connectivity index (χ0) is 6.95. The Morgan fingerprint density at radius 1 is 1.00 bits per heavy atom. The summed E-state index contributed by atoms with van der Waals surface area (Å²) in [6, 6.07) is 0. The first-order chi connectivity index (χ1) is 4.41. The van der Waals surface area contributed by atoms with Crippen LogP contribution in [-0.2, 0) is 0 Å². The summed E-state index contributed by atoms with van der Waals surface area (Å²) >= 11 is 0. The van der Waals surface area contributed by atoms with E-state index in [1.807, 2.05) is 0 Å². The molecule has 3 nitrogen and oxygen atoms in total. The van der Waals surface area contributed by atoms with Crippen molar-refractivity contribution in [1.29, 1.82) is 0 Å². The highest BCUT2D eigenvalue weighted by Gasteiger charge is 1.73. The first-order valence-corrected chi connectivity index (χ1v) is 2.36. The maximum Gasteiger partial charge on any atom is 0.108 e. The summed E-state index contributed by atoms with van der Waals surface area (Å²) in [4.78, 5) is 0. The normalized spacial score (nSPS) is 6.22. The third-order valence-corrected chi connectivity index (χ3v) is 0.585. The summed E-state index contributed by atoms with van der Waals surface area (Å²) in [7, 11) is 0. The van der Waals surface area contributed by atoms with Gasteiger partial charge in [-0.15, -0.1) is 0 Å². The van der Waals surface area contributed by atoms with Crippen molar-refractivity contribution < 1.29 is 10.2 Å². The van der Waals surface area contributed by atoms with Gasteiger partial charge in [0.15, 0.2) is 0 Å². The third-order valence-electron chi connectivity index (χ3n) is 0.585. The van der Waals surface area contributed by atoms with Crippen LogP contribution in [0, 0.1) is 24.1 Å². The van der Waals surface area contributed by atoms with Gasteiger partial charge in [0.05, 0.1) is 13.1 Å². The molecule has 3 heteroatoms. The molecule has 48 valence electrons. The maximum absolute atomic E-state index is 7.94. The van der Waals surface area contributed by atoms with E-state index in [4.69, 9.17) is 10.2 Å². The van der Waals surface area contributed by atoms with Gasteiger partial charge in [-0.2, -0.15) is 0 Å². The second kappa shape index (κ2) is 6.68. The zero-order valence-electron chi connectivity index (χ0n) is 4.81. The Bertz CT molecular complexity index is 147. The van der Waals surface area contributed by atoms with E-state index in [0.29, 0.717) is 13.1 Å². The Morgan fingerprint density at radius 3 is 1.78 bits per heavy atom. The average Bonchev–Trinajstić information content (AvgIpc) is 1.89. The second-order valence-electron chi connectivity index (χ2n) is 1.18. The molecule has 0 fully saturated rings. The molecule has 0 aliphatic rings. The standard InChI is InChI=1S/C6H7NO2/c8-5-1-3-7-4-2-6-9/h7-9H,3-4H2. The van der Waals surface area contributed by atoms with E-state index in [0.717, 1.165) is 0 Å². The Labute approximate surface area is 53.7 Å². The molecule has 3 N–H and O–H groups in total. The molecule has 0 aliphatic carbocycles. The second-order valence-corrected chi connectivity index (χ2v) is 1.18. The summed E-state index contributed by atoms with van der Waals surface area (Å²) in [6.45, 7) is 0.760. The number of aliphatic hydroxyl groups is 2. The molecule has 0 bridgehead atoms. The average molecular weight is 125 g/mol. The number of nitrogens with one attached hydrogen (secondary N) is 1. The molecule has 0 amide bonds.